The molecule has 2 nitrogen and oxygen atoms in total. The molecule has 0 unspecified atom stereocenters. The van der Waals surface area contributed by atoms with Crippen LogP contribution in [0, 0.1) is 0 Å². The average Bonchev–Trinajstić information content (AvgIpc) is 3.99. The van der Waals surface area contributed by atoms with Crippen molar-refractivity contribution in [2.24, 2.45) is 0 Å². The minimum absolute atomic E-state index is 0.864. The molecule has 0 radical (unpaired) electrons. The summed E-state index contributed by atoms with van der Waals surface area (Å²) in [5.74, 6) is 0. The van der Waals surface area contributed by atoms with E-state index in [1.807, 2.05) is 22.7 Å². The van der Waals surface area contributed by atoms with Crippen molar-refractivity contribution < 1.29 is 4.42 Å². The van der Waals surface area contributed by atoms with Gasteiger partial charge in [0.05, 0.1) is 16.8 Å². The van der Waals surface area contributed by atoms with Gasteiger partial charge in [0.25, 0.3) is 0 Å². The molecular weight excluding hydrogens is 743 g/mol. The Morgan fingerprint density at radius 1 is 0.362 bits per heavy atom. The molecule has 0 saturated heterocycles. The average molecular weight is 776 g/mol. The van der Waals surface area contributed by atoms with Crippen molar-refractivity contribution in [1.82, 2.24) is 0 Å². The third-order valence-corrected chi connectivity index (χ3v) is 13.8. The largest absolute Gasteiger partial charge is 0.456 e. The molecule has 0 aliphatic heterocycles. The molecular formula is C54H33NOS2. The van der Waals surface area contributed by atoms with E-state index in [0.29, 0.717) is 0 Å². The van der Waals surface area contributed by atoms with Gasteiger partial charge in [0.15, 0.2) is 0 Å². The summed E-state index contributed by atoms with van der Waals surface area (Å²) < 4.78 is 11.7. The number of anilines is 3. The third kappa shape index (κ3) is 5.23. The van der Waals surface area contributed by atoms with Crippen molar-refractivity contribution >= 4 is 102 Å². The van der Waals surface area contributed by atoms with Crippen LogP contribution >= 0.6 is 22.7 Å². The van der Waals surface area contributed by atoms with Crippen LogP contribution in [0.5, 0.6) is 0 Å². The van der Waals surface area contributed by atoms with Crippen molar-refractivity contribution in [3.8, 4) is 33.4 Å². The Labute approximate surface area is 343 Å². The van der Waals surface area contributed by atoms with Crippen molar-refractivity contribution in [2.45, 2.75) is 0 Å². The zero-order valence-electron chi connectivity index (χ0n) is 31.2. The molecule has 12 rings (SSSR count). The van der Waals surface area contributed by atoms with Crippen molar-refractivity contribution in [3.63, 3.8) is 0 Å². The molecule has 0 bridgehead atoms. The van der Waals surface area contributed by atoms with E-state index >= 15 is 0 Å². The van der Waals surface area contributed by atoms with E-state index in [4.69, 9.17) is 4.42 Å². The van der Waals surface area contributed by atoms with Crippen LogP contribution in [0.4, 0.5) is 17.1 Å². The number of benzene rings is 9. The number of nitrogens with zero attached hydrogens (tertiary/aromatic N) is 1. The summed E-state index contributed by atoms with van der Waals surface area (Å²) >= 11 is 3.74. The van der Waals surface area contributed by atoms with Crippen molar-refractivity contribution in [3.05, 3.63) is 200 Å². The maximum absolute atomic E-state index is 6.67. The highest BCUT2D eigenvalue weighted by atomic mass is 32.1. The molecule has 58 heavy (non-hydrogen) atoms. The minimum atomic E-state index is 0.864. The summed E-state index contributed by atoms with van der Waals surface area (Å²) in [6.07, 6.45) is 0. The fraction of sp³-hybridized carbons (Fsp3) is 0. The zero-order valence-corrected chi connectivity index (χ0v) is 32.9. The Balaban J connectivity index is 1.23. The topological polar surface area (TPSA) is 16.4 Å². The second-order valence-corrected chi connectivity index (χ2v) is 16.9. The van der Waals surface area contributed by atoms with E-state index in [0.717, 1.165) is 50.1 Å². The highest BCUT2D eigenvalue weighted by molar-refractivity contribution is 7.26. The Morgan fingerprint density at radius 2 is 0.983 bits per heavy atom. The fourth-order valence-electron chi connectivity index (χ4n) is 8.83. The normalized spacial score (nSPS) is 11.8. The first-order valence-electron chi connectivity index (χ1n) is 19.6. The van der Waals surface area contributed by atoms with Crippen LogP contribution < -0.4 is 4.90 Å². The van der Waals surface area contributed by atoms with E-state index in [1.165, 1.54) is 62.6 Å². The monoisotopic (exact) mass is 775 g/mol. The Kier molecular flexibility index (Phi) is 7.62. The fourth-order valence-corrected chi connectivity index (χ4v) is 11.3. The van der Waals surface area contributed by atoms with Crippen LogP contribution in [-0.4, -0.2) is 0 Å². The van der Waals surface area contributed by atoms with E-state index in [1.54, 1.807) is 0 Å². The van der Waals surface area contributed by atoms with E-state index < -0.39 is 0 Å². The van der Waals surface area contributed by atoms with Crippen LogP contribution in [0.3, 0.4) is 0 Å². The van der Waals surface area contributed by atoms with Crippen molar-refractivity contribution in [1.29, 1.82) is 0 Å². The van der Waals surface area contributed by atoms with E-state index in [9.17, 15) is 0 Å². The molecule has 0 spiro atoms. The molecule has 3 heterocycles. The molecule has 12 aromatic rings. The maximum atomic E-state index is 6.67. The van der Waals surface area contributed by atoms with Gasteiger partial charge in [-0.05, 0) is 76.3 Å². The van der Waals surface area contributed by atoms with Gasteiger partial charge < -0.3 is 9.32 Å². The number of para-hydroxylation sites is 1. The molecule has 4 heteroatoms. The molecule has 0 N–H and O–H groups in total. The first-order chi connectivity index (χ1) is 28.8. The molecule has 3 aromatic heterocycles. The van der Waals surface area contributed by atoms with Crippen LogP contribution in [0.15, 0.2) is 205 Å². The number of thiophene rings is 2. The van der Waals surface area contributed by atoms with Gasteiger partial charge in [0.2, 0.25) is 0 Å². The van der Waals surface area contributed by atoms with Crippen LogP contribution in [-0.2, 0) is 0 Å². The molecule has 9 aromatic carbocycles. The number of rotatable bonds is 6. The van der Waals surface area contributed by atoms with Gasteiger partial charge in [-0.1, -0.05) is 152 Å². The Morgan fingerprint density at radius 3 is 1.78 bits per heavy atom. The highest BCUT2D eigenvalue weighted by Crippen LogP contribution is 2.54. The molecule has 272 valence electrons. The van der Waals surface area contributed by atoms with Gasteiger partial charge in [-0.25, -0.2) is 0 Å². The zero-order chi connectivity index (χ0) is 38.2. The summed E-state index contributed by atoms with van der Waals surface area (Å²) in [6, 6.07) is 72.7. The maximum Gasteiger partial charge on any atom is 0.137 e. The van der Waals surface area contributed by atoms with E-state index in [-0.39, 0.29) is 0 Å². The number of hydrogen-bond donors (Lipinski definition) is 0. The SMILES string of the molecule is c1ccc(-c2ccc3c(c2)sc2c(-c4ccccc4)ccc(N(c4ccc5c(c4)sc4ccccc45)c4c(-c5ccccc5)ccc5oc6ccccc6c45)c23)cc1. The van der Waals surface area contributed by atoms with E-state index in [2.05, 4.69) is 205 Å². The van der Waals surface area contributed by atoms with Gasteiger partial charge in [-0.2, -0.15) is 0 Å². The summed E-state index contributed by atoms with van der Waals surface area (Å²) in [7, 11) is 0. The number of hydrogen-bond acceptors (Lipinski definition) is 4. The van der Waals surface area contributed by atoms with Gasteiger partial charge in [-0.15, -0.1) is 22.7 Å². The predicted molar refractivity (Wildman–Crippen MR) is 250 cm³/mol. The lowest BCUT2D eigenvalue weighted by Gasteiger charge is -2.30. The molecule has 0 amide bonds. The smallest absolute Gasteiger partial charge is 0.137 e. The van der Waals surface area contributed by atoms with Crippen LogP contribution in [0.1, 0.15) is 0 Å². The quantitative estimate of drug-likeness (QED) is 0.167. The first-order valence-corrected chi connectivity index (χ1v) is 21.2. The molecule has 0 atom stereocenters. The van der Waals surface area contributed by atoms with Crippen molar-refractivity contribution in [2.75, 3.05) is 4.90 Å². The second kappa shape index (κ2) is 13.3. The summed E-state index contributed by atoms with van der Waals surface area (Å²) in [5, 5.41) is 7.24. The van der Waals surface area contributed by atoms with Gasteiger partial charge in [0.1, 0.15) is 11.2 Å². The minimum Gasteiger partial charge on any atom is -0.456 e. The van der Waals surface area contributed by atoms with Gasteiger partial charge in [0, 0.05) is 57.0 Å². The van der Waals surface area contributed by atoms with Crippen LogP contribution in [0.2, 0.25) is 0 Å². The molecule has 0 aliphatic carbocycles. The molecule has 0 aliphatic rings. The number of fused-ring (bicyclic) bond motifs is 9. The highest BCUT2D eigenvalue weighted by Gasteiger charge is 2.27. The lowest BCUT2D eigenvalue weighted by atomic mass is 9.95. The van der Waals surface area contributed by atoms with Crippen LogP contribution in [0.25, 0.3) is 95.7 Å². The predicted octanol–water partition coefficient (Wildman–Crippen LogP) is 16.8. The summed E-state index contributed by atoms with van der Waals surface area (Å²) in [6.45, 7) is 0. The standard InChI is InChI=1S/C54H33NOS2/c1-4-14-34(15-5-1)37-24-26-44-49(32-37)58-54-40(36-18-8-3-9-19-36)28-30-45(51(44)54)55(38-25-27-42-41-20-11-13-23-48(41)57-50(42)33-38)53-39(35-16-6-2-7-17-35)29-31-47-52(53)43-21-10-12-22-46(43)56-47/h1-33H. The summed E-state index contributed by atoms with van der Waals surface area (Å²) in [4.78, 5) is 2.53. The third-order valence-electron chi connectivity index (χ3n) is 11.5. The molecule has 0 fully saturated rings. The number of furan rings is 1. The second-order valence-electron chi connectivity index (χ2n) is 14.8. The Bertz CT molecular complexity index is 3510. The first kappa shape index (κ1) is 33.2. The van der Waals surface area contributed by atoms with Gasteiger partial charge >= 0.3 is 0 Å². The summed E-state index contributed by atoms with van der Waals surface area (Å²) in [5.41, 5.74) is 12.2. The lowest BCUT2D eigenvalue weighted by molar-refractivity contribution is 0.669. The lowest BCUT2D eigenvalue weighted by Crippen LogP contribution is -2.12. The van der Waals surface area contributed by atoms with Gasteiger partial charge in [-0.3, -0.25) is 0 Å². The molecule has 0 saturated carbocycles. The Hall–Kier alpha value is -6.98.